The van der Waals surface area contributed by atoms with Gasteiger partial charge in [0.05, 0.1) is 30.8 Å². The number of aliphatic hydroxyl groups excluding tert-OH is 1. The molecule has 4 atom stereocenters. The second-order valence-electron chi connectivity index (χ2n) is 7.85. The van der Waals surface area contributed by atoms with Gasteiger partial charge in [0, 0.05) is 30.1 Å². The number of H-pyrrole nitrogens is 1. The van der Waals surface area contributed by atoms with E-state index < -0.39 is 6.04 Å². The number of para-hydroxylation sites is 1. The highest BCUT2D eigenvalue weighted by Crippen LogP contribution is 2.23. The maximum absolute atomic E-state index is 12.6. The Morgan fingerprint density at radius 2 is 2.17 bits per heavy atom. The van der Waals surface area contributed by atoms with E-state index in [2.05, 4.69) is 20.9 Å². The van der Waals surface area contributed by atoms with Gasteiger partial charge in [-0.25, -0.2) is 4.79 Å². The highest BCUT2D eigenvalue weighted by molar-refractivity contribution is 5.83. The summed E-state index contributed by atoms with van der Waals surface area (Å²) in [6.07, 6.45) is 5.17. The fourth-order valence-electron chi connectivity index (χ4n) is 4.35. The maximum atomic E-state index is 12.6. The Kier molecular flexibility index (Phi) is 6.01. The van der Waals surface area contributed by atoms with Gasteiger partial charge in [0.2, 0.25) is 5.91 Å². The molecule has 3 heterocycles. The lowest BCUT2D eigenvalue weighted by molar-refractivity contribution is -0.125. The predicted molar refractivity (Wildman–Crippen MR) is 108 cm³/mol. The largest absolute Gasteiger partial charge is 0.394 e. The average Bonchev–Trinajstić information content (AvgIpc) is 3.39. The monoisotopic (exact) mass is 400 g/mol. The van der Waals surface area contributed by atoms with Crippen LogP contribution in [0.5, 0.6) is 0 Å². The van der Waals surface area contributed by atoms with E-state index in [1.54, 1.807) is 0 Å². The third-order valence-corrected chi connectivity index (χ3v) is 5.82. The van der Waals surface area contributed by atoms with Crippen molar-refractivity contribution in [1.29, 1.82) is 0 Å². The number of piperidine rings is 1. The zero-order valence-corrected chi connectivity index (χ0v) is 16.3. The number of rotatable bonds is 6. The number of hydrogen-bond acceptors (Lipinski definition) is 4. The third-order valence-electron chi connectivity index (χ3n) is 5.82. The molecular formula is C21H28N4O4. The minimum absolute atomic E-state index is 0.00321. The fourth-order valence-corrected chi connectivity index (χ4v) is 4.35. The molecule has 5 N–H and O–H groups in total. The number of fused-ring (bicyclic) bond motifs is 1. The second kappa shape index (κ2) is 8.84. The van der Waals surface area contributed by atoms with Gasteiger partial charge in [0.15, 0.2) is 0 Å². The van der Waals surface area contributed by atoms with Crippen molar-refractivity contribution in [2.75, 3.05) is 13.2 Å². The molecule has 2 aliphatic heterocycles. The lowest BCUT2D eigenvalue weighted by Crippen LogP contribution is -2.62. The van der Waals surface area contributed by atoms with E-state index in [1.165, 1.54) is 0 Å². The number of nitrogens with one attached hydrogen (secondary N) is 4. The van der Waals surface area contributed by atoms with E-state index in [0.29, 0.717) is 25.9 Å². The minimum atomic E-state index is -0.409. The summed E-state index contributed by atoms with van der Waals surface area (Å²) in [5, 5.41) is 19.7. The molecule has 1 aromatic carbocycles. The van der Waals surface area contributed by atoms with Crippen LogP contribution in [0.15, 0.2) is 30.5 Å². The summed E-state index contributed by atoms with van der Waals surface area (Å²) in [5.41, 5.74) is 2.07. The third kappa shape index (κ3) is 4.54. The standard InChI is InChI=1S/C21H28N4O4/c26-12-14(10-13-11-22-16-5-2-1-4-15(13)16)23-21(28)24-17-7-8-19(27)25-20(17)18-6-3-9-29-18/h1-2,4-5,11,14,17-18,20,22,26H,3,6-10,12H2,(H,25,27)(H2,23,24,28). The van der Waals surface area contributed by atoms with Crippen LogP contribution in [0.1, 0.15) is 31.2 Å². The van der Waals surface area contributed by atoms with Crippen LogP contribution in [-0.2, 0) is 16.0 Å². The highest BCUT2D eigenvalue weighted by atomic mass is 16.5. The van der Waals surface area contributed by atoms with E-state index >= 15 is 0 Å². The average molecular weight is 400 g/mol. The molecule has 2 fully saturated rings. The summed E-state index contributed by atoms with van der Waals surface area (Å²) in [6, 6.07) is 6.79. The van der Waals surface area contributed by atoms with Crippen LogP contribution in [0.25, 0.3) is 10.9 Å². The van der Waals surface area contributed by atoms with Crippen molar-refractivity contribution in [3.8, 4) is 0 Å². The number of aromatic amines is 1. The van der Waals surface area contributed by atoms with E-state index in [9.17, 15) is 14.7 Å². The van der Waals surface area contributed by atoms with Crippen LogP contribution in [0.4, 0.5) is 4.79 Å². The van der Waals surface area contributed by atoms with Gasteiger partial charge in [-0.3, -0.25) is 4.79 Å². The SMILES string of the molecule is O=C1CCC(NC(=O)NC(CO)Cc2c[nH]c3ccccc23)C(C2CCCO2)N1. The van der Waals surface area contributed by atoms with E-state index in [1.807, 2.05) is 30.5 Å². The van der Waals surface area contributed by atoms with E-state index in [0.717, 1.165) is 29.3 Å². The molecule has 8 nitrogen and oxygen atoms in total. The van der Waals surface area contributed by atoms with Crippen molar-refractivity contribution in [2.45, 2.75) is 56.3 Å². The Morgan fingerprint density at radius 3 is 2.97 bits per heavy atom. The number of carbonyl (C=O) groups excluding carboxylic acids is 2. The summed E-state index contributed by atoms with van der Waals surface area (Å²) in [4.78, 5) is 27.7. The first-order chi connectivity index (χ1) is 14.1. The number of urea groups is 1. The van der Waals surface area contributed by atoms with Crippen molar-refractivity contribution in [1.82, 2.24) is 20.9 Å². The number of carbonyl (C=O) groups is 2. The van der Waals surface area contributed by atoms with Crippen LogP contribution in [-0.4, -0.2) is 59.5 Å². The Morgan fingerprint density at radius 1 is 1.31 bits per heavy atom. The quantitative estimate of drug-likeness (QED) is 0.501. The number of hydrogen-bond donors (Lipinski definition) is 5. The fraction of sp³-hybridized carbons (Fsp3) is 0.524. The van der Waals surface area contributed by atoms with Crippen LogP contribution in [0.3, 0.4) is 0 Å². The predicted octanol–water partition coefficient (Wildman–Crippen LogP) is 1.20. The molecule has 0 radical (unpaired) electrons. The first kappa shape index (κ1) is 19.7. The van der Waals surface area contributed by atoms with Crippen LogP contribution in [0.2, 0.25) is 0 Å². The number of amides is 3. The molecular weight excluding hydrogens is 372 g/mol. The van der Waals surface area contributed by atoms with Gasteiger partial charge < -0.3 is 30.8 Å². The molecule has 156 valence electrons. The molecule has 0 saturated carbocycles. The summed E-state index contributed by atoms with van der Waals surface area (Å²) in [6.45, 7) is 0.524. The molecule has 0 bridgehead atoms. The minimum Gasteiger partial charge on any atom is -0.394 e. The lowest BCUT2D eigenvalue weighted by atomic mass is 9.92. The Labute approximate surface area is 169 Å². The van der Waals surface area contributed by atoms with Crippen LogP contribution in [0, 0.1) is 0 Å². The molecule has 29 heavy (non-hydrogen) atoms. The molecule has 2 saturated heterocycles. The molecule has 8 heteroatoms. The summed E-state index contributed by atoms with van der Waals surface area (Å²) >= 11 is 0. The Balaban J connectivity index is 1.37. The number of aromatic nitrogens is 1. The van der Waals surface area contributed by atoms with Gasteiger partial charge in [-0.2, -0.15) is 0 Å². The molecule has 3 amide bonds. The number of benzene rings is 1. The molecule has 4 unspecified atom stereocenters. The van der Waals surface area contributed by atoms with Gasteiger partial charge in [0.1, 0.15) is 0 Å². The normalized spacial score (nSPS) is 25.6. The zero-order chi connectivity index (χ0) is 20.2. The molecule has 2 aromatic rings. The molecule has 1 aromatic heterocycles. The highest BCUT2D eigenvalue weighted by Gasteiger charge is 2.37. The molecule has 2 aliphatic rings. The van der Waals surface area contributed by atoms with Crippen LogP contribution >= 0.6 is 0 Å². The van der Waals surface area contributed by atoms with Crippen molar-refractivity contribution >= 4 is 22.8 Å². The summed E-state index contributed by atoms with van der Waals surface area (Å²) in [5.74, 6) is -0.00321. The Hall–Kier alpha value is -2.58. The first-order valence-corrected chi connectivity index (χ1v) is 10.3. The summed E-state index contributed by atoms with van der Waals surface area (Å²) < 4.78 is 5.74. The maximum Gasteiger partial charge on any atom is 0.315 e. The van der Waals surface area contributed by atoms with Gasteiger partial charge in [0.25, 0.3) is 0 Å². The topological polar surface area (TPSA) is 115 Å². The second-order valence-corrected chi connectivity index (χ2v) is 7.85. The van der Waals surface area contributed by atoms with Gasteiger partial charge in [-0.1, -0.05) is 18.2 Å². The zero-order valence-electron chi connectivity index (χ0n) is 16.3. The van der Waals surface area contributed by atoms with Gasteiger partial charge in [-0.15, -0.1) is 0 Å². The Bertz CT molecular complexity index is 861. The van der Waals surface area contributed by atoms with Crippen molar-refractivity contribution in [3.05, 3.63) is 36.0 Å². The van der Waals surface area contributed by atoms with Crippen molar-refractivity contribution in [3.63, 3.8) is 0 Å². The van der Waals surface area contributed by atoms with Gasteiger partial charge >= 0.3 is 6.03 Å². The molecule has 0 spiro atoms. The number of ether oxygens (including phenoxy) is 1. The molecule has 0 aliphatic carbocycles. The van der Waals surface area contributed by atoms with E-state index in [-0.39, 0.29) is 36.7 Å². The summed E-state index contributed by atoms with van der Waals surface area (Å²) in [7, 11) is 0. The van der Waals surface area contributed by atoms with E-state index in [4.69, 9.17) is 4.74 Å². The number of aliphatic hydroxyl groups is 1. The van der Waals surface area contributed by atoms with Crippen molar-refractivity contribution < 1.29 is 19.4 Å². The van der Waals surface area contributed by atoms with Crippen LogP contribution < -0.4 is 16.0 Å². The lowest BCUT2D eigenvalue weighted by Gasteiger charge is -2.36. The molecule has 4 rings (SSSR count). The van der Waals surface area contributed by atoms with Gasteiger partial charge in [-0.05, 0) is 37.3 Å². The first-order valence-electron chi connectivity index (χ1n) is 10.3. The van der Waals surface area contributed by atoms with Crippen molar-refractivity contribution in [2.24, 2.45) is 0 Å². The smallest absolute Gasteiger partial charge is 0.315 e.